The van der Waals surface area contributed by atoms with Crippen molar-refractivity contribution < 1.29 is 24.3 Å². The number of nitrogens with zero attached hydrogens (tertiary/aromatic N) is 1. The van der Waals surface area contributed by atoms with Crippen LogP contribution >= 0.6 is 0 Å². The second-order valence-electron chi connectivity index (χ2n) is 6.66. The highest BCUT2D eigenvalue weighted by molar-refractivity contribution is 6.06. The molecule has 0 aliphatic carbocycles. The maximum atomic E-state index is 12.8. The van der Waals surface area contributed by atoms with Crippen LogP contribution in [0.1, 0.15) is 24.0 Å². The van der Waals surface area contributed by atoms with Gasteiger partial charge in [0.1, 0.15) is 12.4 Å². The maximum Gasteiger partial charge on any atom is 0.308 e. The summed E-state index contributed by atoms with van der Waals surface area (Å²) in [5.41, 5.74) is 0.574. The molecule has 0 aromatic heterocycles. The molecule has 3 rings (SSSR count). The van der Waals surface area contributed by atoms with Gasteiger partial charge in [0.2, 0.25) is 5.60 Å². The van der Waals surface area contributed by atoms with Crippen LogP contribution in [0.5, 0.6) is 5.75 Å². The smallest absolute Gasteiger partial charge is 0.308 e. The molecule has 1 aliphatic heterocycles. The van der Waals surface area contributed by atoms with E-state index in [1.165, 1.54) is 0 Å². The van der Waals surface area contributed by atoms with Crippen LogP contribution in [0.2, 0.25) is 0 Å². The Bertz CT molecular complexity index is 909. The van der Waals surface area contributed by atoms with Crippen molar-refractivity contribution >= 4 is 17.6 Å². The largest absolute Gasteiger partial charge is 0.490 e. The summed E-state index contributed by atoms with van der Waals surface area (Å²) in [7, 11) is 0. The highest BCUT2D eigenvalue weighted by atomic mass is 16.7. The number of ether oxygens (including phenoxy) is 1. The Labute approximate surface area is 168 Å². The molecule has 7 heteroatoms. The van der Waals surface area contributed by atoms with Crippen molar-refractivity contribution in [1.29, 1.82) is 0 Å². The van der Waals surface area contributed by atoms with Crippen LogP contribution in [0.25, 0.3) is 0 Å². The minimum absolute atomic E-state index is 0.0623. The van der Waals surface area contributed by atoms with E-state index < -0.39 is 23.9 Å². The number of carboxylic acids is 1. The first-order valence-electron chi connectivity index (χ1n) is 9.15. The minimum atomic E-state index is -1.58. The third kappa shape index (κ3) is 5.01. The van der Waals surface area contributed by atoms with Crippen molar-refractivity contribution in [3.8, 4) is 5.75 Å². The van der Waals surface area contributed by atoms with Gasteiger partial charge < -0.3 is 20.0 Å². The standard InChI is InChI=1S/C22H22N2O5/c1-2-12-28-18-10-8-17(9-11-18)19-13-22(29-24-19,14-20(25)26)21(27)23-15-16-6-4-3-5-7-16/h2-11H,1,12-15H2,(H,23,27)(H,25,26). The summed E-state index contributed by atoms with van der Waals surface area (Å²) in [5, 5.41) is 16.1. The normalized spacial score (nSPS) is 17.7. The molecule has 1 atom stereocenters. The van der Waals surface area contributed by atoms with Gasteiger partial charge in [0.05, 0.1) is 12.1 Å². The number of carboxylic acid groups (broad SMARTS) is 1. The number of nitrogens with one attached hydrogen (secondary N) is 1. The van der Waals surface area contributed by atoms with Crippen LogP contribution in [0.4, 0.5) is 0 Å². The molecular formula is C22H22N2O5. The molecule has 1 unspecified atom stereocenters. The molecule has 1 amide bonds. The molecule has 0 fully saturated rings. The first kappa shape index (κ1) is 20.1. The Kier molecular flexibility index (Phi) is 6.29. The lowest BCUT2D eigenvalue weighted by atomic mass is 9.90. The first-order valence-corrected chi connectivity index (χ1v) is 9.15. The topological polar surface area (TPSA) is 97.2 Å². The van der Waals surface area contributed by atoms with Gasteiger partial charge in [-0.15, -0.1) is 0 Å². The van der Waals surface area contributed by atoms with Crippen molar-refractivity contribution in [3.05, 3.63) is 78.4 Å². The highest BCUT2D eigenvalue weighted by Crippen LogP contribution is 2.31. The van der Waals surface area contributed by atoms with Gasteiger partial charge >= 0.3 is 5.97 Å². The zero-order valence-electron chi connectivity index (χ0n) is 15.8. The van der Waals surface area contributed by atoms with Crippen LogP contribution in [-0.4, -0.2) is 34.9 Å². The number of carbonyl (C=O) groups is 2. The summed E-state index contributed by atoms with van der Waals surface area (Å²) >= 11 is 0. The third-order valence-corrected chi connectivity index (χ3v) is 4.49. The lowest BCUT2D eigenvalue weighted by molar-refractivity contribution is -0.156. The molecular weight excluding hydrogens is 372 g/mol. The van der Waals surface area contributed by atoms with Gasteiger partial charge in [0.25, 0.3) is 5.91 Å². The predicted molar refractivity (Wildman–Crippen MR) is 108 cm³/mol. The minimum Gasteiger partial charge on any atom is -0.490 e. The SMILES string of the molecule is C=CCOc1ccc(C2=NOC(CC(=O)O)(C(=O)NCc3ccccc3)C2)cc1. The number of aliphatic carboxylic acids is 1. The molecule has 150 valence electrons. The first-order chi connectivity index (χ1) is 14.0. The van der Waals surface area contributed by atoms with E-state index in [-0.39, 0.29) is 13.0 Å². The number of hydrogen-bond acceptors (Lipinski definition) is 5. The molecule has 2 aromatic carbocycles. The van der Waals surface area contributed by atoms with Crippen LogP contribution in [0, 0.1) is 0 Å². The zero-order chi connectivity index (χ0) is 20.7. The van der Waals surface area contributed by atoms with Gasteiger partial charge in [-0.3, -0.25) is 9.59 Å². The molecule has 0 spiro atoms. The van der Waals surface area contributed by atoms with E-state index in [1.807, 2.05) is 30.3 Å². The van der Waals surface area contributed by atoms with Crippen LogP contribution < -0.4 is 10.1 Å². The molecule has 0 bridgehead atoms. The molecule has 1 heterocycles. The number of rotatable bonds is 9. The van der Waals surface area contributed by atoms with Crippen molar-refractivity contribution in [1.82, 2.24) is 5.32 Å². The van der Waals surface area contributed by atoms with E-state index in [9.17, 15) is 14.7 Å². The summed E-state index contributed by atoms with van der Waals surface area (Å²) in [6.45, 7) is 4.27. The average Bonchev–Trinajstić information content (AvgIpc) is 3.16. The Hall–Kier alpha value is -3.61. The van der Waals surface area contributed by atoms with Gasteiger partial charge in [-0.2, -0.15) is 0 Å². The van der Waals surface area contributed by atoms with Gasteiger partial charge in [0.15, 0.2) is 0 Å². The van der Waals surface area contributed by atoms with Crippen molar-refractivity contribution in [2.75, 3.05) is 6.61 Å². The van der Waals surface area contributed by atoms with Crippen LogP contribution in [-0.2, 0) is 21.0 Å². The maximum absolute atomic E-state index is 12.8. The van der Waals surface area contributed by atoms with E-state index in [2.05, 4.69) is 17.1 Å². The Morgan fingerprint density at radius 3 is 2.59 bits per heavy atom. The van der Waals surface area contributed by atoms with Gasteiger partial charge in [-0.05, 0) is 35.4 Å². The summed E-state index contributed by atoms with van der Waals surface area (Å²) < 4.78 is 5.45. The second-order valence-corrected chi connectivity index (χ2v) is 6.66. The highest BCUT2D eigenvalue weighted by Gasteiger charge is 2.48. The van der Waals surface area contributed by atoms with Gasteiger partial charge in [0, 0.05) is 13.0 Å². The summed E-state index contributed by atoms with van der Waals surface area (Å²) in [6, 6.07) is 16.5. The second kappa shape index (κ2) is 9.05. The molecule has 0 radical (unpaired) electrons. The Balaban J connectivity index is 1.70. The van der Waals surface area contributed by atoms with E-state index in [4.69, 9.17) is 9.57 Å². The van der Waals surface area contributed by atoms with Gasteiger partial charge in [-0.25, -0.2) is 0 Å². The van der Waals surface area contributed by atoms with E-state index in [0.717, 1.165) is 11.1 Å². The Morgan fingerprint density at radius 2 is 1.93 bits per heavy atom. The average molecular weight is 394 g/mol. The number of carbonyl (C=O) groups excluding carboxylic acids is 1. The fraction of sp³-hybridized carbons (Fsp3) is 0.227. The molecule has 2 aromatic rings. The van der Waals surface area contributed by atoms with Crippen molar-refractivity contribution in [2.24, 2.45) is 5.16 Å². The van der Waals surface area contributed by atoms with E-state index >= 15 is 0 Å². The molecule has 2 N–H and O–H groups in total. The zero-order valence-corrected chi connectivity index (χ0v) is 15.8. The molecule has 29 heavy (non-hydrogen) atoms. The summed E-state index contributed by atoms with van der Waals surface area (Å²) in [6.07, 6.45) is 1.23. The number of hydrogen-bond donors (Lipinski definition) is 2. The Morgan fingerprint density at radius 1 is 1.21 bits per heavy atom. The fourth-order valence-corrected chi connectivity index (χ4v) is 3.01. The van der Waals surface area contributed by atoms with E-state index in [1.54, 1.807) is 30.3 Å². The quantitative estimate of drug-likeness (QED) is 0.638. The lowest BCUT2D eigenvalue weighted by Gasteiger charge is -2.23. The monoisotopic (exact) mass is 394 g/mol. The summed E-state index contributed by atoms with van der Waals surface area (Å²) in [4.78, 5) is 29.6. The number of amides is 1. The molecule has 7 nitrogen and oxygen atoms in total. The number of benzene rings is 2. The fourth-order valence-electron chi connectivity index (χ4n) is 3.01. The van der Waals surface area contributed by atoms with Crippen LogP contribution in [0.3, 0.4) is 0 Å². The molecule has 0 saturated heterocycles. The molecule has 1 aliphatic rings. The number of oxime groups is 1. The summed E-state index contributed by atoms with van der Waals surface area (Å²) in [5.74, 6) is -0.969. The van der Waals surface area contributed by atoms with Crippen molar-refractivity contribution in [2.45, 2.75) is 25.0 Å². The van der Waals surface area contributed by atoms with Gasteiger partial charge in [-0.1, -0.05) is 48.1 Å². The van der Waals surface area contributed by atoms with Crippen molar-refractivity contribution in [3.63, 3.8) is 0 Å². The molecule has 0 saturated carbocycles. The lowest BCUT2D eigenvalue weighted by Crippen LogP contribution is -2.48. The third-order valence-electron chi connectivity index (χ3n) is 4.49. The van der Waals surface area contributed by atoms with Crippen LogP contribution in [0.15, 0.2) is 72.4 Å². The predicted octanol–water partition coefficient (Wildman–Crippen LogP) is 2.91. The van der Waals surface area contributed by atoms with E-state index in [0.29, 0.717) is 18.1 Å².